The second-order valence-electron chi connectivity index (χ2n) is 4.61. The zero-order valence-corrected chi connectivity index (χ0v) is 10.4. The van der Waals surface area contributed by atoms with Crippen molar-refractivity contribution in [3.05, 3.63) is 47.8 Å². The van der Waals surface area contributed by atoms with E-state index in [-0.39, 0.29) is 5.82 Å². The lowest BCUT2D eigenvalue weighted by molar-refractivity contribution is -0.133. The summed E-state index contributed by atoms with van der Waals surface area (Å²) in [7, 11) is 0. The Morgan fingerprint density at radius 2 is 1.89 bits per heavy atom. The summed E-state index contributed by atoms with van der Waals surface area (Å²) in [6.07, 6.45) is -1.21. The van der Waals surface area contributed by atoms with Crippen molar-refractivity contribution in [1.82, 2.24) is 0 Å². The molecule has 1 fully saturated rings. The number of aliphatic hydroxyl groups is 1. The highest BCUT2D eigenvalue weighted by atomic mass is 19.1. The van der Waals surface area contributed by atoms with Gasteiger partial charge >= 0.3 is 0 Å². The number of fused-ring (bicyclic) bond motifs is 1. The van der Waals surface area contributed by atoms with Crippen LogP contribution in [0.4, 0.5) is 4.39 Å². The third-order valence-corrected chi connectivity index (χ3v) is 3.42. The summed E-state index contributed by atoms with van der Waals surface area (Å²) in [6, 6.07) is 10.1. The lowest BCUT2D eigenvalue weighted by Crippen LogP contribution is -2.33. The number of halogens is 1. The van der Waals surface area contributed by atoms with E-state index in [9.17, 15) is 9.50 Å². The minimum atomic E-state index is -0.814. The highest BCUT2D eigenvalue weighted by Crippen LogP contribution is 2.29. The van der Waals surface area contributed by atoms with Crippen molar-refractivity contribution in [3.63, 3.8) is 0 Å². The van der Waals surface area contributed by atoms with E-state index in [1.807, 2.05) is 6.07 Å². The number of benzene rings is 2. The Bertz CT molecular complexity index is 579. The van der Waals surface area contributed by atoms with E-state index in [4.69, 9.17) is 9.47 Å². The standard InChI is InChI=1S/C15H15FO3/c16-13-6-5-12(10-3-1-2-4-11(10)13)15(17)14-9-18-7-8-19-14/h1-6,14-15,17H,7-9H2. The fourth-order valence-electron chi connectivity index (χ4n) is 2.43. The van der Waals surface area contributed by atoms with E-state index in [1.54, 1.807) is 24.3 Å². The summed E-state index contributed by atoms with van der Waals surface area (Å²) < 4.78 is 24.5. The van der Waals surface area contributed by atoms with Crippen molar-refractivity contribution >= 4 is 10.8 Å². The molecule has 2 aromatic carbocycles. The van der Waals surface area contributed by atoms with Gasteiger partial charge in [-0.05, 0) is 17.0 Å². The minimum Gasteiger partial charge on any atom is -0.386 e. The van der Waals surface area contributed by atoms with Crippen molar-refractivity contribution in [2.75, 3.05) is 19.8 Å². The van der Waals surface area contributed by atoms with Crippen LogP contribution in [-0.4, -0.2) is 31.0 Å². The average molecular weight is 262 g/mol. The molecule has 0 bridgehead atoms. The molecule has 1 N–H and O–H groups in total. The van der Waals surface area contributed by atoms with E-state index in [0.29, 0.717) is 36.2 Å². The molecule has 2 unspecified atom stereocenters. The summed E-state index contributed by atoms with van der Waals surface area (Å²) in [5.41, 5.74) is 0.674. The lowest BCUT2D eigenvalue weighted by Gasteiger charge is -2.28. The zero-order chi connectivity index (χ0) is 13.2. The second kappa shape index (κ2) is 5.25. The van der Waals surface area contributed by atoms with Crippen molar-refractivity contribution in [2.45, 2.75) is 12.2 Å². The van der Waals surface area contributed by atoms with Crippen LogP contribution in [0.3, 0.4) is 0 Å². The summed E-state index contributed by atoms with van der Waals surface area (Å²) in [6.45, 7) is 1.38. The van der Waals surface area contributed by atoms with Crippen LogP contribution < -0.4 is 0 Å². The summed E-state index contributed by atoms with van der Waals surface area (Å²) in [4.78, 5) is 0. The average Bonchev–Trinajstić information content (AvgIpc) is 2.48. The van der Waals surface area contributed by atoms with Crippen molar-refractivity contribution in [1.29, 1.82) is 0 Å². The molecule has 4 heteroatoms. The van der Waals surface area contributed by atoms with Crippen molar-refractivity contribution in [2.24, 2.45) is 0 Å². The van der Waals surface area contributed by atoms with Crippen LogP contribution in [-0.2, 0) is 9.47 Å². The van der Waals surface area contributed by atoms with E-state index in [1.165, 1.54) is 6.07 Å². The van der Waals surface area contributed by atoms with Gasteiger partial charge in [0.05, 0.1) is 19.8 Å². The monoisotopic (exact) mass is 262 g/mol. The minimum absolute atomic E-state index is 0.285. The Labute approximate surface area is 110 Å². The first-order valence-electron chi connectivity index (χ1n) is 6.32. The molecule has 0 aliphatic carbocycles. The fourth-order valence-corrected chi connectivity index (χ4v) is 2.43. The van der Waals surface area contributed by atoms with Gasteiger partial charge in [-0.2, -0.15) is 0 Å². The lowest BCUT2D eigenvalue weighted by atomic mass is 9.97. The van der Waals surface area contributed by atoms with Gasteiger partial charge in [0, 0.05) is 5.39 Å². The first kappa shape index (κ1) is 12.5. The largest absolute Gasteiger partial charge is 0.386 e. The molecule has 0 aromatic heterocycles. The Hall–Kier alpha value is -1.49. The molecule has 19 heavy (non-hydrogen) atoms. The maximum Gasteiger partial charge on any atom is 0.131 e. The van der Waals surface area contributed by atoms with Gasteiger partial charge in [-0.3, -0.25) is 0 Å². The number of rotatable bonds is 2. The van der Waals surface area contributed by atoms with Crippen LogP contribution in [0, 0.1) is 5.82 Å². The van der Waals surface area contributed by atoms with Crippen molar-refractivity contribution in [3.8, 4) is 0 Å². The zero-order valence-electron chi connectivity index (χ0n) is 10.4. The Morgan fingerprint density at radius 1 is 1.11 bits per heavy atom. The van der Waals surface area contributed by atoms with Crippen molar-refractivity contribution < 1.29 is 19.0 Å². The van der Waals surface area contributed by atoms with Crippen LogP contribution in [0.15, 0.2) is 36.4 Å². The third-order valence-electron chi connectivity index (χ3n) is 3.42. The molecule has 3 nitrogen and oxygen atoms in total. The van der Waals surface area contributed by atoms with Gasteiger partial charge < -0.3 is 14.6 Å². The molecule has 2 atom stereocenters. The molecule has 0 saturated carbocycles. The van der Waals surface area contributed by atoms with Crippen LogP contribution in [0.2, 0.25) is 0 Å². The molecule has 3 rings (SSSR count). The molecule has 1 aliphatic heterocycles. The molecule has 100 valence electrons. The maximum absolute atomic E-state index is 13.7. The van der Waals surface area contributed by atoms with Crippen LogP contribution in [0.5, 0.6) is 0 Å². The number of hydrogen-bond acceptors (Lipinski definition) is 3. The normalized spacial score (nSPS) is 21.5. The van der Waals surface area contributed by atoms with E-state index >= 15 is 0 Å². The quantitative estimate of drug-likeness (QED) is 0.903. The Morgan fingerprint density at radius 3 is 2.63 bits per heavy atom. The number of ether oxygens (including phenoxy) is 2. The fraction of sp³-hybridized carbons (Fsp3) is 0.333. The first-order valence-corrected chi connectivity index (χ1v) is 6.32. The van der Waals surface area contributed by atoms with Crippen LogP contribution in [0.25, 0.3) is 10.8 Å². The van der Waals surface area contributed by atoms with Gasteiger partial charge in [0.2, 0.25) is 0 Å². The second-order valence-corrected chi connectivity index (χ2v) is 4.61. The predicted octanol–water partition coefficient (Wildman–Crippen LogP) is 2.43. The molecule has 1 heterocycles. The summed E-state index contributed by atoms with van der Waals surface area (Å²) >= 11 is 0. The molecule has 1 saturated heterocycles. The molecule has 0 spiro atoms. The smallest absolute Gasteiger partial charge is 0.131 e. The number of aliphatic hydroxyl groups excluding tert-OH is 1. The van der Waals surface area contributed by atoms with Gasteiger partial charge in [-0.25, -0.2) is 4.39 Å². The summed E-state index contributed by atoms with van der Waals surface area (Å²) in [5.74, 6) is -0.285. The van der Waals surface area contributed by atoms with Crippen LogP contribution >= 0.6 is 0 Å². The maximum atomic E-state index is 13.7. The Balaban J connectivity index is 2.02. The van der Waals surface area contributed by atoms with Gasteiger partial charge in [0.25, 0.3) is 0 Å². The summed E-state index contributed by atoms with van der Waals surface area (Å²) in [5, 5.41) is 11.6. The molecule has 1 aliphatic rings. The van der Waals surface area contributed by atoms with E-state index < -0.39 is 12.2 Å². The third kappa shape index (κ3) is 2.34. The Kier molecular flexibility index (Phi) is 3.46. The van der Waals surface area contributed by atoms with Gasteiger partial charge in [0.1, 0.15) is 18.0 Å². The first-order chi connectivity index (χ1) is 9.27. The highest BCUT2D eigenvalue weighted by Gasteiger charge is 2.26. The van der Waals surface area contributed by atoms with Crippen LogP contribution in [0.1, 0.15) is 11.7 Å². The molecular formula is C15H15FO3. The topological polar surface area (TPSA) is 38.7 Å². The molecule has 0 radical (unpaired) electrons. The van der Waals surface area contributed by atoms with E-state index in [0.717, 1.165) is 0 Å². The molecular weight excluding hydrogens is 247 g/mol. The van der Waals surface area contributed by atoms with Gasteiger partial charge in [0.15, 0.2) is 0 Å². The molecule has 0 amide bonds. The van der Waals surface area contributed by atoms with Gasteiger partial charge in [-0.1, -0.05) is 30.3 Å². The SMILES string of the molecule is OC(c1ccc(F)c2ccccc12)C1COCCO1. The highest BCUT2D eigenvalue weighted by molar-refractivity contribution is 5.86. The number of hydrogen-bond donors (Lipinski definition) is 1. The van der Waals surface area contributed by atoms with E-state index in [2.05, 4.69) is 0 Å². The van der Waals surface area contributed by atoms with Gasteiger partial charge in [-0.15, -0.1) is 0 Å². The predicted molar refractivity (Wildman–Crippen MR) is 69.4 cm³/mol. The molecule has 2 aromatic rings.